The van der Waals surface area contributed by atoms with Crippen molar-refractivity contribution in [2.24, 2.45) is 0 Å². The summed E-state index contributed by atoms with van der Waals surface area (Å²) in [6.07, 6.45) is -3.89. The predicted molar refractivity (Wildman–Crippen MR) is 122 cm³/mol. The van der Waals surface area contributed by atoms with Gasteiger partial charge in [-0.1, -0.05) is 48.5 Å². The number of benzene rings is 2. The van der Waals surface area contributed by atoms with Crippen LogP contribution in [0.25, 0.3) is 0 Å². The standard InChI is InChI=1S/C23H21F3N4O3S/c1-3-15-6-8-16(9-7-15)27-21(32)29-19(31)13-34-22-28-18(23(24,25)26)12-20(30-22)33-17-10-4-14(2)5-11-17/h4-12H,3,13H2,1-2H3,(H2,27,29,31,32). The Morgan fingerprint density at radius 2 is 1.71 bits per heavy atom. The third-order valence-corrected chi connectivity index (χ3v) is 5.27. The van der Waals surface area contributed by atoms with Crippen LogP contribution in [0, 0.1) is 6.92 Å². The maximum Gasteiger partial charge on any atom is 0.433 e. The number of hydrogen-bond acceptors (Lipinski definition) is 6. The van der Waals surface area contributed by atoms with Crippen LogP contribution in [0.1, 0.15) is 23.7 Å². The number of halogens is 3. The van der Waals surface area contributed by atoms with Crippen LogP contribution < -0.4 is 15.4 Å². The van der Waals surface area contributed by atoms with Gasteiger partial charge in [-0.15, -0.1) is 0 Å². The number of urea groups is 1. The van der Waals surface area contributed by atoms with Gasteiger partial charge >= 0.3 is 12.2 Å². The van der Waals surface area contributed by atoms with Crippen LogP contribution in [0.4, 0.5) is 23.7 Å². The van der Waals surface area contributed by atoms with Gasteiger partial charge in [0.1, 0.15) is 5.75 Å². The van der Waals surface area contributed by atoms with Gasteiger partial charge in [0.15, 0.2) is 10.9 Å². The Kier molecular flexibility index (Phi) is 8.11. The van der Waals surface area contributed by atoms with Crippen molar-refractivity contribution in [1.82, 2.24) is 15.3 Å². The molecule has 0 spiro atoms. The van der Waals surface area contributed by atoms with Gasteiger partial charge in [-0.3, -0.25) is 10.1 Å². The Balaban J connectivity index is 1.63. The van der Waals surface area contributed by atoms with E-state index in [2.05, 4.69) is 20.6 Å². The smallest absolute Gasteiger partial charge is 0.433 e. The molecule has 0 aliphatic rings. The second-order valence-electron chi connectivity index (χ2n) is 7.13. The molecule has 0 unspecified atom stereocenters. The Hall–Kier alpha value is -3.60. The maximum absolute atomic E-state index is 13.3. The molecule has 2 N–H and O–H groups in total. The number of carbonyl (C=O) groups is 2. The summed E-state index contributed by atoms with van der Waals surface area (Å²) in [5.74, 6) is -1.13. The van der Waals surface area contributed by atoms with E-state index in [0.717, 1.165) is 17.5 Å². The van der Waals surface area contributed by atoms with Gasteiger partial charge in [-0.2, -0.15) is 18.2 Å². The van der Waals surface area contributed by atoms with E-state index in [9.17, 15) is 22.8 Å². The molecule has 1 heterocycles. The number of ether oxygens (including phenoxy) is 1. The van der Waals surface area contributed by atoms with Crippen LogP contribution in [0.2, 0.25) is 0 Å². The number of alkyl halides is 3. The minimum Gasteiger partial charge on any atom is -0.439 e. The van der Waals surface area contributed by atoms with Crippen LogP contribution >= 0.6 is 11.8 Å². The molecule has 0 atom stereocenters. The Morgan fingerprint density at radius 3 is 2.32 bits per heavy atom. The highest BCUT2D eigenvalue weighted by Crippen LogP contribution is 2.32. The SMILES string of the molecule is CCc1ccc(NC(=O)NC(=O)CSc2nc(Oc3ccc(C)cc3)cc(C(F)(F)F)n2)cc1. The van der Waals surface area contributed by atoms with Crippen molar-refractivity contribution >= 4 is 29.4 Å². The average molecular weight is 491 g/mol. The molecule has 0 bridgehead atoms. The number of rotatable bonds is 7. The van der Waals surface area contributed by atoms with Gasteiger partial charge in [0, 0.05) is 11.8 Å². The number of aromatic nitrogens is 2. The summed E-state index contributed by atoms with van der Waals surface area (Å²) in [6, 6.07) is 13.7. The van der Waals surface area contributed by atoms with Gasteiger partial charge < -0.3 is 10.1 Å². The maximum atomic E-state index is 13.3. The van der Waals surface area contributed by atoms with Crippen molar-refractivity contribution in [3.8, 4) is 11.6 Å². The minimum atomic E-state index is -4.74. The van der Waals surface area contributed by atoms with Crippen molar-refractivity contribution in [2.45, 2.75) is 31.6 Å². The predicted octanol–water partition coefficient (Wildman–Crippen LogP) is 5.60. The summed E-state index contributed by atoms with van der Waals surface area (Å²) in [4.78, 5) is 31.5. The van der Waals surface area contributed by atoms with Gasteiger partial charge in [-0.05, 0) is 43.2 Å². The zero-order chi connectivity index (χ0) is 24.7. The van der Waals surface area contributed by atoms with Crippen molar-refractivity contribution in [1.29, 1.82) is 0 Å². The number of carbonyl (C=O) groups excluding carboxylic acids is 2. The van der Waals surface area contributed by atoms with Crippen LogP contribution in [0.3, 0.4) is 0 Å². The largest absolute Gasteiger partial charge is 0.439 e. The number of anilines is 1. The van der Waals surface area contributed by atoms with Crippen LogP contribution in [0.15, 0.2) is 59.8 Å². The molecule has 0 aliphatic heterocycles. The summed E-state index contributed by atoms with van der Waals surface area (Å²) in [5.41, 5.74) is 1.33. The average Bonchev–Trinajstić information content (AvgIpc) is 2.79. The fourth-order valence-electron chi connectivity index (χ4n) is 2.67. The lowest BCUT2D eigenvalue weighted by molar-refractivity contribution is -0.141. The summed E-state index contributed by atoms with van der Waals surface area (Å²) in [7, 11) is 0. The van der Waals surface area contributed by atoms with Crippen molar-refractivity contribution in [3.63, 3.8) is 0 Å². The Bertz CT molecular complexity index is 1150. The minimum absolute atomic E-state index is 0.301. The summed E-state index contributed by atoms with van der Waals surface area (Å²) >= 11 is 0.645. The number of imide groups is 1. The lowest BCUT2D eigenvalue weighted by Gasteiger charge is -2.11. The molecule has 2 aromatic carbocycles. The van der Waals surface area contributed by atoms with Crippen LogP contribution in [-0.4, -0.2) is 27.7 Å². The number of nitrogens with zero attached hydrogens (tertiary/aromatic N) is 2. The third-order valence-electron chi connectivity index (χ3n) is 4.42. The molecule has 178 valence electrons. The van der Waals surface area contributed by atoms with Gasteiger partial charge in [0.2, 0.25) is 11.8 Å². The van der Waals surface area contributed by atoms with Gasteiger partial charge in [0.05, 0.1) is 5.75 Å². The van der Waals surface area contributed by atoms with Gasteiger partial charge in [0.25, 0.3) is 0 Å². The highest BCUT2D eigenvalue weighted by molar-refractivity contribution is 7.99. The second kappa shape index (κ2) is 11.0. The van der Waals surface area contributed by atoms with Crippen molar-refractivity contribution in [3.05, 3.63) is 71.4 Å². The lowest BCUT2D eigenvalue weighted by atomic mass is 10.1. The molecule has 0 saturated carbocycles. The van der Waals surface area contributed by atoms with Crippen molar-refractivity contribution < 1.29 is 27.5 Å². The summed E-state index contributed by atoms with van der Waals surface area (Å²) in [5, 5.41) is 4.31. The Labute approximate surface area is 198 Å². The molecule has 11 heteroatoms. The zero-order valence-electron chi connectivity index (χ0n) is 18.3. The van der Waals surface area contributed by atoms with E-state index in [-0.39, 0.29) is 16.8 Å². The fourth-order valence-corrected chi connectivity index (χ4v) is 3.32. The van der Waals surface area contributed by atoms with E-state index in [1.807, 2.05) is 26.0 Å². The highest BCUT2D eigenvalue weighted by Gasteiger charge is 2.34. The lowest BCUT2D eigenvalue weighted by Crippen LogP contribution is -2.35. The third kappa shape index (κ3) is 7.48. The van der Waals surface area contributed by atoms with E-state index in [1.54, 1.807) is 36.4 Å². The molecular weight excluding hydrogens is 469 g/mol. The number of hydrogen-bond donors (Lipinski definition) is 2. The molecule has 0 radical (unpaired) electrons. The zero-order valence-corrected chi connectivity index (χ0v) is 19.1. The number of amides is 3. The molecule has 34 heavy (non-hydrogen) atoms. The topological polar surface area (TPSA) is 93.2 Å². The highest BCUT2D eigenvalue weighted by atomic mass is 32.2. The first-order valence-corrected chi connectivity index (χ1v) is 11.1. The molecular formula is C23H21F3N4O3S. The molecule has 7 nitrogen and oxygen atoms in total. The van der Waals surface area contributed by atoms with Gasteiger partial charge in [-0.25, -0.2) is 9.78 Å². The number of aryl methyl sites for hydroxylation is 2. The summed E-state index contributed by atoms with van der Waals surface area (Å²) < 4.78 is 45.3. The quantitative estimate of drug-likeness (QED) is 0.331. The van der Waals surface area contributed by atoms with E-state index >= 15 is 0 Å². The van der Waals surface area contributed by atoms with E-state index < -0.39 is 23.8 Å². The molecule has 0 aliphatic carbocycles. The molecule has 3 rings (SSSR count). The first-order chi connectivity index (χ1) is 16.1. The fraction of sp³-hybridized carbons (Fsp3) is 0.217. The first-order valence-electron chi connectivity index (χ1n) is 10.2. The van der Waals surface area contributed by atoms with Crippen LogP contribution in [-0.2, 0) is 17.4 Å². The van der Waals surface area contributed by atoms with Crippen LogP contribution in [0.5, 0.6) is 11.6 Å². The number of nitrogens with one attached hydrogen (secondary N) is 2. The monoisotopic (exact) mass is 490 g/mol. The number of thioether (sulfide) groups is 1. The Morgan fingerprint density at radius 1 is 1.03 bits per heavy atom. The van der Waals surface area contributed by atoms with E-state index in [1.165, 1.54) is 0 Å². The van der Waals surface area contributed by atoms with E-state index in [0.29, 0.717) is 29.3 Å². The van der Waals surface area contributed by atoms with E-state index in [4.69, 9.17) is 4.74 Å². The molecule has 0 saturated heterocycles. The second-order valence-corrected chi connectivity index (χ2v) is 8.07. The normalized spacial score (nSPS) is 11.1. The molecule has 3 amide bonds. The summed E-state index contributed by atoms with van der Waals surface area (Å²) in [6.45, 7) is 3.86. The molecule has 1 aromatic heterocycles. The van der Waals surface area contributed by atoms with Crippen molar-refractivity contribution in [2.75, 3.05) is 11.1 Å². The first kappa shape index (κ1) is 25.0. The molecule has 0 fully saturated rings. The molecule has 3 aromatic rings.